The molecule has 2 amide bonds. The lowest BCUT2D eigenvalue weighted by atomic mass is 9.93. The van der Waals surface area contributed by atoms with E-state index in [1.165, 1.54) is 19.1 Å². The molecule has 0 saturated heterocycles. The highest BCUT2D eigenvalue weighted by atomic mass is 16.7. The number of hydroxylamine groups is 2. The predicted octanol–water partition coefficient (Wildman–Crippen LogP) is 1.97. The summed E-state index contributed by atoms with van der Waals surface area (Å²) in [7, 11) is 3.00. The smallest absolute Gasteiger partial charge is 0.248 e. The zero-order valence-electron chi connectivity index (χ0n) is 11.9. The second-order valence-electron chi connectivity index (χ2n) is 4.66. The molecule has 20 heavy (non-hydrogen) atoms. The van der Waals surface area contributed by atoms with Crippen LogP contribution in [0.25, 0.3) is 6.08 Å². The fraction of sp³-hybridized carbons (Fsp3) is 0.333. The predicted molar refractivity (Wildman–Crippen MR) is 75.1 cm³/mol. The molecule has 5 nitrogen and oxygen atoms in total. The Bertz CT molecular complexity index is 554. The second kappa shape index (κ2) is 5.88. The fourth-order valence-corrected chi connectivity index (χ4v) is 2.31. The minimum Gasteiger partial charge on any atom is -0.311 e. The quantitative estimate of drug-likeness (QED) is 0.792. The lowest BCUT2D eigenvalue weighted by Gasteiger charge is -2.33. The van der Waals surface area contributed by atoms with Gasteiger partial charge in [-0.1, -0.05) is 24.3 Å². The highest BCUT2D eigenvalue weighted by Crippen LogP contribution is 2.33. The molecule has 0 saturated carbocycles. The molecule has 5 heteroatoms. The largest absolute Gasteiger partial charge is 0.311 e. The summed E-state index contributed by atoms with van der Waals surface area (Å²) < 4.78 is 0. The maximum atomic E-state index is 12.1. The van der Waals surface area contributed by atoms with E-state index in [1.54, 1.807) is 18.1 Å². The Morgan fingerprint density at radius 2 is 2.05 bits per heavy atom. The van der Waals surface area contributed by atoms with Gasteiger partial charge in [-0.2, -0.15) is 0 Å². The first kappa shape index (κ1) is 14.3. The number of amides is 2. The van der Waals surface area contributed by atoms with Crippen molar-refractivity contribution in [3.8, 4) is 0 Å². The van der Waals surface area contributed by atoms with E-state index in [0.717, 1.165) is 11.1 Å². The number of hydrogen-bond acceptors (Lipinski definition) is 3. The number of hydrogen-bond donors (Lipinski definition) is 0. The molecule has 1 aliphatic rings. The minimum absolute atomic E-state index is 0.0892. The molecule has 0 spiro atoms. The summed E-state index contributed by atoms with van der Waals surface area (Å²) in [5.41, 5.74) is 2.01. The van der Waals surface area contributed by atoms with Gasteiger partial charge < -0.3 is 4.90 Å². The highest BCUT2D eigenvalue weighted by Gasteiger charge is 2.29. The molecule has 1 aromatic rings. The first-order valence-corrected chi connectivity index (χ1v) is 6.41. The molecule has 0 N–H and O–H groups in total. The third kappa shape index (κ3) is 2.72. The van der Waals surface area contributed by atoms with E-state index >= 15 is 0 Å². The van der Waals surface area contributed by atoms with Crippen molar-refractivity contribution in [1.82, 2.24) is 9.96 Å². The van der Waals surface area contributed by atoms with Crippen molar-refractivity contribution in [2.24, 2.45) is 0 Å². The van der Waals surface area contributed by atoms with Crippen LogP contribution >= 0.6 is 0 Å². The van der Waals surface area contributed by atoms with Crippen LogP contribution in [0.3, 0.4) is 0 Å². The summed E-state index contributed by atoms with van der Waals surface area (Å²) in [5.74, 6) is -0.262. The average Bonchev–Trinajstić information content (AvgIpc) is 2.46. The second-order valence-corrected chi connectivity index (χ2v) is 4.66. The van der Waals surface area contributed by atoms with Crippen molar-refractivity contribution in [2.75, 3.05) is 14.2 Å². The number of rotatable bonds is 3. The maximum Gasteiger partial charge on any atom is 0.248 e. The molecule has 1 aromatic carbocycles. The SMILES string of the molecule is CON(C)C(=O)CC1c2ccccc2C=CN1C(C)=O. The summed E-state index contributed by atoms with van der Waals surface area (Å²) in [5, 5.41) is 1.18. The Kier molecular flexibility index (Phi) is 4.20. The van der Waals surface area contributed by atoms with Gasteiger partial charge in [0.2, 0.25) is 11.8 Å². The zero-order chi connectivity index (χ0) is 14.7. The first-order chi connectivity index (χ1) is 9.54. The van der Waals surface area contributed by atoms with Crippen LogP contribution < -0.4 is 0 Å². The first-order valence-electron chi connectivity index (χ1n) is 6.41. The molecule has 1 unspecified atom stereocenters. The number of benzene rings is 1. The van der Waals surface area contributed by atoms with Gasteiger partial charge in [0.25, 0.3) is 0 Å². The molecule has 0 aliphatic carbocycles. The standard InChI is InChI=1S/C15H18N2O3/c1-11(18)17-9-8-12-6-4-5-7-13(12)14(17)10-15(19)16(2)20-3/h4-9,14H,10H2,1-3H3. The van der Waals surface area contributed by atoms with Gasteiger partial charge in [0.05, 0.1) is 19.6 Å². The van der Waals surface area contributed by atoms with E-state index in [-0.39, 0.29) is 24.3 Å². The van der Waals surface area contributed by atoms with Gasteiger partial charge in [0, 0.05) is 20.2 Å². The molecule has 0 fully saturated rings. The van der Waals surface area contributed by atoms with Crippen molar-refractivity contribution >= 4 is 17.9 Å². The Morgan fingerprint density at radius 3 is 2.70 bits per heavy atom. The molecule has 0 radical (unpaired) electrons. The average molecular weight is 274 g/mol. The van der Waals surface area contributed by atoms with E-state index < -0.39 is 0 Å². The molecule has 1 atom stereocenters. The summed E-state index contributed by atoms with van der Waals surface area (Å²) in [6.45, 7) is 1.50. The van der Waals surface area contributed by atoms with Crippen LogP contribution in [0.1, 0.15) is 30.5 Å². The highest BCUT2D eigenvalue weighted by molar-refractivity contribution is 5.81. The van der Waals surface area contributed by atoms with Crippen LogP contribution in [0.2, 0.25) is 0 Å². The molecule has 0 aromatic heterocycles. The molecule has 1 aliphatic heterocycles. The van der Waals surface area contributed by atoms with Crippen molar-refractivity contribution in [2.45, 2.75) is 19.4 Å². The maximum absolute atomic E-state index is 12.1. The van der Waals surface area contributed by atoms with E-state index in [0.29, 0.717) is 0 Å². The lowest BCUT2D eigenvalue weighted by Crippen LogP contribution is -2.35. The van der Waals surface area contributed by atoms with Crippen LogP contribution in [0.4, 0.5) is 0 Å². The van der Waals surface area contributed by atoms with Gasteiger partial charge in [-0.05, 0) is 17.2 Å². The van der Waals surface area contributed by atoms with Crippen molar-refractivity contribution in [3.63, 3.8) is 0 Å². The summed E-state index contributed by atoms with van der Waals surface area (Å²) in [6.07, 6.45) is 3.80. The van der Waals surface area contributed by atoms with Crippen LogP contribution in [0.15, 0.2) is 30.5 Å². The zero-order valence-corrected chi connectivity index (χ0v) is 11.9. The summed E-state index contributed by atoms with van der Waals surface area (Å²) >= 11 is 0. The van der Waals surface area contributed by atoms with Crippen molar-refractivity contribution in [3.05, 3.63) is 41.6 Å². The Balaban J connectivity index is 2.32. The number of carbonyl (C=O) groups excluding carboxylic acids is 2. The molecule has 2 rings (SSSR count). The van der Waals surface area contributed by atoms with Gasteiger partial charge >= 0.3 is 0 Å². The Hall–Kier alpha value is -2.14. The number of carbonyl (C=O) groups is 2. The third-order valence-electron chi connectivity index (χ3n) is 3.46. The van der Waals surface area contributed by atoms with Crippen LogP contribution in [0, 0.1) is 0 Å². The Labute approximate surface area is 118 Å². The molecule has 0 bridgehead atoms. The third-order valence-corrected chi connectivity index (χ3v) is 3.46. The van der Waals surface area contributed by atoms with Gasteiger partial charge in [-0.3, -0.25) is 14.4 Å². The number of nitrogens with zero attached hydrogens (tertiary/aromatic N) is 2. The van der Waals surface area contributed by atoms with Gasteiger partial charge in [0.15, 0.2) is 0 Å². The summed E-state index contributed by atoms with van der Waals surface area (Å²) in [6, 6.07) is 7.47. The van der Waals surface area contributed by atoms with E-state index in [4.69, 9.17) is 4.84 Å². The fourth-order valence-electron chi connectivity index (χ4n) is 2.31. The van der Waals surface area contributed by atoms with E-state index in [9.17, 15) is 9.59 Å². The van der Waals surface area contributed by atoms with E-state index in [1.807, 2.05) is 30.3 Å². The summed E-state index contributed by atoms with van der Waals surface area (Å²) in [4.78, 5) is 30.3. The monoisotopic (exact) mass is 274 g/mol. The molecular weight excluding hydrogens is 256 g/mol. The minimum atomic E-state index is -0.293. The van der Waals surface area contributed by atoms with E-state index in [2.05, 4.69) is 0 Å². The van der Waals surface area contributed by atoms with Crippen molar-refractivity contribution in [1.29, 1.82) is 0 Å². The van der Waals surface area contributed by atoms with Gasteiger partial charge in [-0.25, -0.2) is 5.06 Å². The van der Waals surface area contributed by atoms with Crippen LogP contribution in [-0.4, -0.2) is 35.9 Å². The van der Waals surface area contributed by atoms with Crippen LogP contribution in [-0.2, 0) is 14.4 Å². The van der Waals surface area contributed by atoms with Gasteiger partial charge in [-0.15, -0.1) is 0 Å². The molecular formula is C15H18N2O3. The van der Waals surface area contributed by atoms with Crippen molar-refractivity contribution < 1.29 is 14.4 Å². The topological polar surface area (TPSA) is 49.9 Å². The van der Waals surface area contributed by atoms with Crippen LogP contribution in [0.5, 0.6) is 0 Å². The molecule has 106 valence electrons. The van der Waals surface area contributed by atoms with Gasteiger partial charge in [0.1, 0.15) is 0 Å². The normalized spacial score (nSPS) is 16.8. The Morgan fingerprint density at radius 1 is 1.35 bits per heavy atom. The molecule has 1 heterocycles. The lowest BCUT2D eigenvalue weighted by molar-refractivity contribution is -0.170. The number of fused-ring (bicyclic) bond motifs is 1.